The number of anilines is 1. The van der Waals surface area contributed by atoms with Crippen molar-refractivity contribution in [2.45, 2.75) is 23.0 Å². The highest BCUT2D eigenvalue weighted by Crippen LogP contribution is 2.25. The van der Waals surface area contributed by atoms with Crippen LogP contribution in [0.2, 0.25) is 5.02 Å². The number of halogens is 1. The summed E-state index contributed by atoms with van der Waals surface area (Å²) in [4.78, 5) is 23.9. The summed E-state index contributed by atoms with van der Waals surface area (Å²) in [6.07, 6.45) is 0. The van der Waals surface area contributed by atoms with Crippen LogP contribution in [-0.2, 0) is 16.1 Å². The summed E-state index contributed by atoms with van der Waals surface area (Å²) in [6, 6.07) is 6.68. The second kappa shape index (κ2) is 11.9. The predicted molar refractivity (Wildman–Crippen MR) is 119 cm³/mol. The van der Waals surface area contributed by atoms with Gasteiger partial charge in [0.1, 0.15) is 5.75 Å². The van der Waals surface area contributed by atoms with Crippen LogP contribution >= 0.6 is 46.5 Å². The maximum Gasteiger partial charge on any atom is 0.277 e. The molecule has 0 fully saturated rings. The second-order valence-corrected chi connectivity index (χ2v) is 9.48. The molecule has 14 heteroatoms. The van der Waals surface area contributed by atoms with Crippen LogP contribution in [0.15, 0.2) is 38.2 Å². The fourth-order valence-corrected chi connectivity index (χ4v) is 4.37. The van der Waals surface area contributed by atoms with Crippen molar-refractivity contribution >= 4 is 63.4 Å². The first kappa shape index (κ1) is 23.3. The summed E-state index contributed by atoms with van der Waals surface area (Å²) in [5.74, 6) is 1.09. The topological polar surface area (TPSA) is 132 Å². The molecule has 0 spiro atoms. The van der Waals surface area contributed by atoms with E-state index in [1.165, 1.54) is 11.3 Å². The highest BCUT2D eigenvalue weighted by Gasteiger charge is 2.13. The fraction of sp³-hybridized carbons (Fsp3) is 0.294. The van der Waals surface area contributed by atoms with E-state index < -0.39 is 0 Å². The predicted octanol–water partition coefficient (Wildman–Crippen LogP) is 3.11. The number of nitrogens with zero attached hydrogens (tertiary/aromatic N) is 4. The second-order valence-electron chi connectivity index (χ2n) is 5.62. The van der Waals surface area contributed by atoms with Crippen LogP contribution in [0.25, 0.3) is 0 Å². The molecule has 164 valence electrons. The van der Waals surface area contributed by atoms with E-state index in [4.69, 9.17) is 20.8 Å². The van der Waals surface area contributed by atoms with E-state index in [2.05, 4.69) is 31.0 Å². The lowest BCUT2D eigenvalue weighted by molar-refractivity contribution is -0.123. The molecule has 0 aliphatic heterocycles. The Morgan fingerprint density at radius 2 is 1.94 bits per heavy atom. The zero-order valence-electron chi connectivity index (χ0n) is 16.2. The molecule has 0 saturated carbocycles. The van der Waals surface area contributed by atoms with E-state index in [0.29, 0.717) is 15.9 Å². The molecule has 3 rings (SSSR count). The van der Waals surface area contributed by atoms with Gasteiger partial charge in [0.2, 0.25) is 16.9 Å². The van der Waals surface area contributed by atoms with Crippen LogP contribution < -0.4 is 15.4 Å². The number of amides is 2. The summed E-state index contributed by atoms with van der Waals surface area (Å²) in [5, 5.41) is 22.1. The number of carbonyl (C=O) groups excluding carboxylic acids is 2. The molecule has 2 amide bonds. The molecule has 0 unspecified atom stereocenters. The molecule has 0 bridgehead atoms. The summed E-state index contributed by atoms with van der Waals surface area (Å²) in [7, 11) is 0. The first-order chi connectivity index (χ1) is 15.0. The highest BCUT2D eigenvalue weighted by molar-refractivity contribution is 8.01. The zero-order valence-corrected chi connectivity index (χ0v) is 19.4. The quantitative estimate of drug-likeness (QED) is 0.299. The van der Waals surface area contributed by atoms with Crippen molar-refractivity contribution < 1.29 is 18.7 Å². The molecular weight excluding hydrogens is 484 g/mol. The standard InChI is InChI=1S/C17H17ClN6O4S3/c1-2-29-17-24-22-15(31-17)20-13(26)9-30-16-23-21-14(28-16)7-19-12(25)8-27-11-5-3-10(18)4-6-11/h3-6H,2,7-9H2,1H3,(H,19,25)(H,20,22,26). The largest absolute Gasteiger partial charge is 0.484 e. The Labute approximate surface area is 194 Å². The van der Waals surface area contributed by atoms with Crippen LogP contribution in [0.4, 0.5) is 5.13 Å². The van der Waals surface area contributed by atoms with Gasteiger partial charge < -0.3 is 14.5 Å². The molecule has 0 atom stereocenters. The Morgan fingerprint density at radius 3 is 2.71 bits per heavy atom. The van der Waals surface area contributed by atoms with Crippen LogP contribution in [0.5, 0.6) is 5.75 Å². The molecule has 2 heterocycles. The normalized spacial score (nSPS) is 10.6. The van der Waals surface area contributed by atoms with Gasteiger partial charge in [-0.05, 0) is 30.0 Å². The van der Waals surface area contributed by atoms with Crippen molar-refractivity contribution in [2.75, 3.05) is 23.4 Å². The van der Waals surface area contributed by atoms with E-state index in [9.17, 15) is 9.59 Å². The molecule has 10 nitrogen and oxygen atoms in total. The Bertz CT molecular complexity index is 1010. The van der Waals surface area contributed by atoms with Gasteiger partial charge in [0.15, 0.2) is 10.9 Å². The third-order valence-electron chi connectivity index (χ3n) is 3.32. The lowest BCUT2D eigenvalue weighted by Crippen LogP contribution is -2.28. The van der Waals surface area contributed by atoms with Crippen LogP contribution in [-0.4, -0.2) is 50.3 Å². The first-order valence-corrected chi connectivity index (χ1v) is 12.0. The number of aromatic nitrogens is 4. The Kier molecular flexibility index (Phi) is 8.94. The number of thioether (sulfide) groups is 2. The summed E-state index contributed by atoms with van der Waals surface area (Å²) in [6.45, 7) is 1.90. The van der Waals surface area contributed by atoms with E-state index in [1.807, 2.05) is 6.92 Å². The number of benzene rings is 1. The van der Waals surface area contributed by atoms with Crippen molar-refractivity contribution in [3.63, 3.8) is 0 Å². The van der Waals surface area contributed by atoms with Crippen molar-refractivity contribution in [3.05, 3.63) is 35.2 Å². The van der Waals surface area contributed by atoms with Gasteiger partial charge in [-0.25, -0.2) is 0 Å². The maximum absolute atomic E-state index is 12.0. The van der Waals surface area contributed by atoms with Gasteiger partial charge in [0, 0.05) is 5.02 Å². The van der Waals surface area contributed by atoms with Gasteiger partial charge in [0.25, 0.3) is 11.1 Å². The molecule has 0 aliphatic carbocycles. The van der Waals surface area contributed by atoms with Gasteiger partial charge in [-0.1, -0.05) is 53.4 Å². The van der Waals surface area contributed by atoms with Gasteiger partial charge in [-0.3, -0.25) is 14.9 Å². The SMILES string of the molecule is CCSc1nnc(NC(=O)CSc2nnc(CNC(=O)COc3ccc(Cl)cc3)o2)s1. The zero-order chi connectivity index (χ0) is 22.1. The Hall–Kier alpha value is -2.35. The van der Waals surface area contributed by atoms with Gasteiger partial charge in [-0.15, -0.1) is 20.4 Å². The minimum atomic E-state index is -0.348. The number of hydrogen-bond acceptors (Lipinski definition) is 11. The lowest BCUT2D eigenvalue weighted by Gasteiger charge is -2.06. The average molecular weight is 501 g/mol. The smallest absolute Gasteiger partial charge is 0.277 e. The molecule has 0 aliphatic rings. The van der Waals surface area contributed by atoms with Crippen molar-refractivity contribution in [3.8, 4) is 5.75 Å². The number of nitrogens with one attached hydrogen (secondary N) is 2. The van der Waals surface area contributed by atoms with E-state index in [-0.39, 0.29) is 41.8 Å². The first-order valence-electron chi connectivity index (χ1n) is 8.88. The lowest BCUT2D eigenvalue weighted by atomic mass is 10.3. The summed E-state index contributed by atoms with van der Waals surface area (Å²) < 4.78 is 11.6. The van der Waals surface area contributed by atoms with E-state index >= 15 is 0 Å². The van der Waals surface area contributed by atoms with Crippen LogP contribution in [0.3, 0.4) is 0 Å². The molecule has 31 heavy (non-hydrogen) atoms. The summed E-state index contributed by atoms with van der Waals surface area (Å²) in [5.41, 5.74) is 0. The Balaban J connectivity index is 1.35. The number of hydrogen-bond donors (Lipinski definition) is 2. The molecule has 0 radical (unpaired) electrons. The molecule has 0 saturated heterocycles. The van der Waals surface area contributed by atoms with E-state index in [0.717, 1.165) is 21.9 Å². The average Bonchev–Trinajstić information content (AvgIpc) is 3.40. The number of carbonyl (C=O) groups is 2. The summed E-state index contributed by atoms with van der Waals surface area (Å²) >= 11 is 9.75. The third kappa shape index (κ3) is 8.01. The van der Waals surface area contributed by atoms with E-state index in [1.54, 1.807) is 36.0 Å². The van der Waals surface area contributed by atoms with Crippen LogP contribution in [0.1, 0.15) is 12.8 Å². The van der Waals surface area contributed by atoms with Crippen molar-refractivity contribution in [1.29, 1.82) is 0 Å². The Morgan fingerprint density at radius 1 is 1.13 bits per heavy atom. The molecule has 1 aromatic carbocycles. The number of ether oxygens (including phenoxy) is 1. The maximum atomic E-state index is 12.0. The van der Waals surface area contributed by atoms with Gasteiger partial charge in [-0.2, -0.15) is 0 Å². The monoisotopic (exact) mass is 500 g/mol. The van der Waals surface area contributed by atoms with Gasteiger partial charge >= 0.3 is 0 Å². The number of rotatable bonds is 11. The molecular formula is C17H17ClN6O4S3. The molecule has 3 aromatic rings. The van der Waals surface area contributed by atoms with Crippen LogP contribution in [0, 0.1) is 0 Å². The minimum absolute atomic E-state index is 0.0468. The fourth-order valence-electron chi connectivity index (χ4n) is 2.00. The molecule has 2 aromatic heterocycles. The van der Waals surface area contributed by atoms with Crippen molar-refractivity contribution in [2.24, 2.45) is 0 Å². The third-order valence-corrected chi connectivity index (χ3v) is 6.24. The highest BCUT2D eigenvalue weighted by atomic mass is 35.5. The molecule has 2 N–H and O–H groups in total. The van der Waals surface area contributed by atoms with Gasteiger partial charge in [0.05, 0.1) is 12.3 Å². The van der Waals surface area contributed by atoms with Crippen molar-refractivity contribution in [1.82, 2.24) is 25.7 Å². The minimum Gasteiger partial charge on any atom is -0.484 e.